The molecule has 0 heterocycles. The standard InChI is InChI=1S/C16H15NO7S/c1-11(18)23-15-9-5-3-7-13(15)16(19)24-14-8-4-2-6-12(14)10-22-25(17,20)21/h2-9H,10H2,1H3,(H2,17,20,21). The van der Waals surface area contributed by atoms with Gasteiger partial charge in [-0.1, -0.05) is 30.3 Å². The highest BCUT2D eigenvalue weighted by Gasteiger charge is 2.17. The fourth-order valence-corrected chi connectivity index (χ4v) is 2.19. The zero-order valence-corrected chi connectivity index (χ0v) is 14.0. The molecule has 0 spiro atoms. The number of benzene rings is 2. The van der Waals surface area contributed by atoms with Gasteiger partial charge >= 0.3 is 22.2 Å². The fourth-order valence-electron chi connectivity index (χ4n) is 1.90. The van der Waals surface area contributed by atoms with E-state index in [0.717, 1.165) is 0 Å². The molecule has 0 bridgehead atoms. The second kappa shape index (κ2) is 7.88. The van der Waals surface area contributed by atoms with E-state index in [1.807, 2.05) is 0 Å². The molecule has 0 radical (unpaired) electrons. The molecule has 0 aliphatic rings. The predicted octanol–water partition coefficient (Wildman–Crippen LogP) is 1.55. The number of para-hydroxylation sites is 2. The second-order valence-corrected chi connectivity index (χ2v) is 6.06. The van der Waals surface area contributed by atoms with Crippen LogP contribution in [0.2, 0.25) is 0 Å². The average Bonchev–Trinajstić information content (AvgIpc) is 2.53. The lowest BCUT2D eigenvalue weighted by molar-refractivity contribution is -0.131. The van der Waals surface area contributed by atoms with Gasteiger partial charge in [0.1, 0.15) is 17.1 Å². The largest absolute Gasteiger partial charge is 0.426 e. The van der Waals surface area contributed by atoms with Crippen LogP contribution in [0.3, 0.4) is 0 Å². The molecule has 2 aromatic rings. The van der Waals surface area contributed by atoms with Crippen molar-refractivity contribution in [2.45, 2.75) is 13.5 Å². The Morgan fingerprint density at radius 2 is 1.56 bits per heavy atom. The predicted molar refractivity (Wildman–Crippen MR) is 87.0 cm³/mol. The van der Waals surface area contributed by atoms with Crippen LogP contribution in [0.4, 0.5) is 0 Å². The maximum atomic E-state index is 12.4. The molecule has 8 nitrogen and oxygen atoms in total. The Balaban J connectivity index is 2.23. The van der Waals surface area contributed by atoms with E-state index in [9.17, 15) is 18.0 Å². The summed E-state index contributed by atoms with van der Waals surface area (Å²) in [4.78, 5) is 23.5. The van der Waals surface area contributed by atoms with Gasteiger partial charge in [-0.2, -0.15) is 8.42 Å². The molecule has 0 aliphatic heterocycles. The van der Waals surface area contributed by atoms with Gasteiger partial charge in [0.25, 0.3) is 0 Å². The van der Waals surface area contributed by atoms with Gasteiger partial charge in [0.05, 0.1) is 6.61 Å². The van der Waals surface area contributed by atoms with Crippen molar-refractivity contribution in [1.29, 1.82) is 0 Å². The van der Waals surface area contributed by atoms with E-state index in [1.54, 1.807) is 24.3 Å². The fraction of sp³-hybridized carbons (Fsp3) is 0.125. The van der Waals surface area contributed by atoms with Crippen molar-refractivity contribution in [3.05, 3.63) is 59.7 Å². The number of carbonyl (C=O) groups excluding carboxylic acids is 2. The van der Waals surface area contributed by atoms with E-state index in [1.165, 1.54) is 31.2 Å². The number of hydrogen-bond donors (Lipinski definition) is 1. The molecule has 0 aliphatic carbocycles. The Morgan fingerprint density at radius 3 is 2.20 bits per heavy atom. The molecule has 0 atom stereocenters. The highest BCUT2D eigenvalue weighted by atomic mass is 32.2. The van der Waals surface area contributed by atoms with Gasteiger partial charge in [-0.15, -0.1) is 0 Å². The minimum Gasteiger partial charge on any atom is -0.426 e. The van der Waals surface area contributed by atoms with E-state index in [-0.39, 0.29) is 17.1 Å². The van der Waals surface area contributed by atoms with Crippen molar-refractivity contribution >= 4 is 22.2 Å². The van der Waals surface area contributed by atoms with E-state index in [0.29, 0.717) is 5.56 Å². The zero-order valence-electron chi connectivity index (χ0n) is 13.2. The average molecular weight is 365 g/mol. The summed E-state index contributed by atoms with van der Waals surface area (Å²) in [5, 5.41) is 4.79. The molecule has 9 heteroatoms. The highest BCUT2D eigenvalue weighted by molar-refractivity contribution is 7.84. The number of esters is 2. The van der Waals surface area contributed by atoms with Crippen molar-refractivity contribution in [2.24, 2.45) is 5.14 Å². The minimum absolute atomic E-state index is 0.0415. The lowest BCUT2D eigenvalue weighted by Gasteiger charge is -2.11. The summed E-state index contributed by atoms with van der Waals surface area (Å²) in [7, 11) is -4.14. The van der Waals surface area contributed by atoms with Gasteiger partial charge in [-0.3, -0.25) is 8.98 Å². The first kappa shape index (κ1) is 18.6. The van der Waals surface area contributed by atoms with Crippen molar-refractivity contribution in [3.63, 3.8) is 0 Å². The maximum absolute atomic E-state index is 12.4. The molecular weight excluding hydrogens is 350 g/mol. The Bertz CT molecular complexity index is 893. The first-order valence-electron chi connectivity index (χ1n) is 7.01. The molecule has 2 N–H and O–H groups in total. The summed E-state index contributed by atoms with van der Waals surface area (Å²) in [5.74, 6) is -1.21. The lowest BCUT2D eigenvalue weighted by Crippen LogP contribution is -2.17. The smallest absolute Gasteiger partial charge is 0.347 e. The van der Waals surface area contributed by atoms with Gasteiger partial charge in [0.2, 0.25) is 0 Å². The zero-order chi connectivity index (χ0) is 18.4. The highest BCUT2D eigenvalue weighted by Crippen LogP contribution is 2.24. The SMILES string of the molecule is CC(=O)Oc1ccccc1C(=O)Oc1ccccc1COS(N)(=O)=O. The van der Waals surface area contributed by atoms with E-state index in [2.05, 4.69) is 4.18 Å². The molecule has 0 saturated heterocycles. The quantitative estimate of drug-likeness (QED) is 0.609. The molecule has 132 valence electrons. The van der Waals surface area contributed by atoms with Gasteiger partial charge < -0.3 is 9.47 Å². The van der Waals surface area contributed by atoms with Crippen LogP contribution >= 0.6 is 0 Å². The first-order chi connectivity index (χ1) is 11.8. The van der Waals surface area contributed by atoms with Crippen LogP contribution in [0.1, 0.15) is 22.8 Å². The number of rotatable bonds is 6. The monoisotopic (exact) mass is 365 g/mol. The molecule has 0 amide bonds. The first-order valence-corrected chi connectivity index (χ1v) is 8.48. The van der Waals surface area contributed by atoms with Crippen LogP contribution in [0.25, 0.3) is 0 Å². The topological polar surface area (TPSA) is 122 Å². The summed E-state index contributed by atoms with van der Waals surface area (Å²) in [5.41, 5.74) is 0.342. The van der Waals surface area contributed by atoms with Gasteiger partial charge in [0, 0.05) is 12.5 Å². The van der Waals surface area contributed by atoms with Gasteiger partial charge in [-0.05, 0) is 18.2 Å². The van der Waals surface area contributed by atoms with Gasteiger partial charge in [-0.25, -0.2) is 9.93 Å². The third-order valence-electron chi connectivity index (χ3n) is 2.91. The van der Waals surface area contributed by atoms with E-state index < -0.39 is 28.8 Å². The van der Waals surface area contributed by atoms with Gasteiger partial charge in [0.15, 0.2) is 0 Å². The number of ether oxygens (including phenoxy) is 2. The summed E-state index contributed by atoms with van der Waals surface area (Å²) in [6.07, 6.45) is 0. The van der Waals surface area contributed by atoms with Crippen molar-refractivity contribution < 1.29 is 31.7 Å². The summed E-state index contributed by atoms with van der Waals surface area (Å²) >= 11 is 0. The van der Waals surface area contributed by atoms with Crippen molar-refractivity contribution in [3.8, 4) is 11.5 Å². The molecular formula is C16H15NO7S. The summed E-state index contributed by atoms with van der Waals surface area (Å²) < 4.78 is 36.6. The number of carbonyl (C=O) groups is 2. The van der Waals surface area contributed by atoms with Crippen molar-refractivity contribution in [1.82, 2.24) is 0 Å². The Kier molecular flexibility index (Phi) is 5.86. The van der Waals surface area contributed by atoms with Crippen LogP contribution in [-0.2, 0) is 25.9 Å². The molecule has 2 rings (SSSR count). The molecule has 0 aromatic heterocycles. The third kappa shape index (κ3) is 5.68. The molecule has 25 heavy (non-hydrogen) atoms. The number of hydrogen-bond acceptors (Lipinski definition) is 7. The van der Waals surface area contributed by atoms with Crippen LogP contribution < -0.4 is 14.6 Å². The normalized spacial score (nSPS) is 11.0. The molecule has 0 fully saturated rings. The Labute approximate surface area is 144 Å². The second-order valence-electron chi connectivity index (χ2n) is 4.84. The molecule has 2 aromatic carbocycles. The summed E-state index contributed by atoms with van der Waals surface area (Å²) in [6, 6.07) is 12.3. The minimum atomic E-state index is -4.14. The van der Waals surface area contributed by atoms with E-state index in [4.69, 9.17) is 14.6 Å². The van der Waals surface area contributed by atoms with Crippen LogP contribution in [0.5, 0.6) is 11.5 Å². The van der Waals surface area contributed by atoms with Crippen LogP contribution in [-0.4, -0.2) is 20.4 Å². The maximum Gasteiger partial charge on any atom is 0.347 e. The van der Waals surface area contributed by atoms with E-state index >= 15 is 0 Å². The summed E-state index contributed by atoms with van der Waals surface area (Å²) in [6.45, 7) is 0.815. The number of nitrogens with two attached hydrogens (primary N) is 1. The van der Waals surface area contributed by atoms with Crippen LogP contribution in [0, 0.1) is 0 Å². The lowest BCUT2D eigenvalue weighted by atomic mass is 10.2. The Morgan fingerprint density at radius 1 is 0.960 bits per heavy atom. The van der Waals surface area contributed by atoms with Crippen LogP contribution in [0.15, 0.2) is 48.5 Å². The third-order valence-corrected chi connectivity index (χ3v) is 3.36. The molecule has 0 unspecified atom stereocenters. The Hall–Kier alpha value is -2.75. The van der Waals surface area contributed by atoms with Crippen molar-refractivity contribution in [2.75, 3.05) is 0 Å². The molecule has 0 saturated carbocycles.